The third-order valence-corrected chi connectivity index (χ3v) is 8.65. The van der Waals surface area contributed by atoms with E-state index in [1.165, 1.54) is 85.9 Å². The molecular formula is C32H32N2. The van der Waals surface area contributed by atoms with Gasteiger partial charge in [0.05, 0.1) is 22.1 Å². The van der Waals surface area contributed by atoms with E-state index in [1.807, 2.05) is 6.20 Å². The zero-order chi connectivity index (χ0) is 23.4. The van der Waals surface area contributed by atoms with Crippen molar-refractivity contribution in [1.82, 2.24) is 9.38 Å². The molecule has 0 radical (unpaired) electrons. The van der Waals surface area contributed by atoms with Crippen LogP contribution in [0, 0.1) is 26.2 Å². The Hall–Kier alpha value is -3.13. The molecule has 170 valence electrons. The van der Waals surface area contributed by atoms with Gasteiger partial charge in [0.15, 0.2) is 0 Å². The smallest absolute Gasteiger partial charge is 0.0822 e. The van der Waals surface area contributed by atoms with Gasteiger partial charge in [-0.2, -0.15) is 0 Å². The van der Waals surface area contributed by atoms with Crippen LogP contribution in [-0.2, 0) is 0 Å². The largest absolute Gasteiger partial charge is 0.308 e. The highest BCUT2D eigenvalue weighted by Crippen LogP contribution is 2.49. The van der Waals surface area contributed by atoms with Crippen LogP contribution in [0.2, 0.25) is 0 Å². The standard InChI is InChI=1S/C32H32N2/c1-18-6-7-23-26(16-18)34-30-20(3)14-19(2)15-25(30)29-27-22(10-13-33-29)17-24(28(23)31(27)34)21-8-11-32(4,5)12-9-21/h6-7,10,13-17,21H,8-9,11-12H2,1-5H3. The number of hydrogen-bond acceptors (Lipinski definition) is 1. The lowest BCUT2D eigenvalue weighted by Gasteiger charge is -2.35. The molecule has 0 N–H and O–H groups in total. The van der Waals surface area contributed by atoms with E-state index >= 15 is 0 Å². The van der Waals surface area contributed by atoms with Gasteiger partial charge < -0.3 is 4.40 Å². The monoisotopic (exact) mass is 444 g/mol. The van der Waals surface area contributed by atoms with Crippen molar-refractivity contribution in [2.24, 2.45) is 5.41 Å². The molecule has 3 aromatic heterocycles. The summed E-state index contributed by atoms with van der Waals surface area (Å²) in [5, 5.41) is 6.78. The van der Waals surface area contributed by atoms with Gasteiger partial charge in [-0.1, -0.05) is 37.6 Å². The molecule has 6 aromatic rings. The van der Waals surface area contributed by atoms with Crippen LogP contribution < -0.4 is 0 Å². The minimum Gasteiger partial charge on any atom is -0.308 e. The van der Waals surface area contributed by atoms with Gasteiger partial charge >= 0.3 is 0 Å². The average molecular weight is 445 g/mol. The molecule has 0 bridgehead atoms. The number of nitrogens with zero attached hydrogens (tertiary/aromatic N) is 2. The molecule has 1 fully saturated rings. The molecule has 2 nitrogen and oxygen atoms in total. The van der Waals surface area contributed by atoms with E-state index in [0.717, 1.165) is 5.52 Å². The molecule has 1 aliphatic carbocycles. The van der Waals surface area contributed by atoms with Crippen LogP contribution in [0.25, 0.3) is 49.0 Å². The van der Waals surface area contributed by atoms with Crippen LogP contribution in [-0.4, -0.2) is 9.38 Å². The Morgan fingerprint density at radius 3 is 2.41 bits per heavy atom. The fraction of sp³-hybridized carbons (Fsp3) is 0.344. The van der Waals surface area contributed by atoms with Crippen LogP contribution >= 0.6 is 0 Å². The van der Waals surface area contributed by atoms with E-state index in [0.29, 0.717) is 11.3 Å². The van der Waals surface area contributed by atoms with Gasteiger partial charge in [0.2, 0.25) is 0 Å². The third-order valence-electron chi connectivity index (χ3n) is 8.65. The number of benzene rings is 3. The highest BCUT2D eigenvalue weighted by molar-refractivity contribution is 6.28. The Balaban J connectivity index is 1.74. The highest BCUT2D eigenvalue weighted by Gasteiger charge is 2.31. The van der Waals surface area contributed by atoms with Crippen molar-refractivity contribution in [3.05, 3.63) is 70.9 Å². The van der Waals surface area contributed by atoms with Crippen molar-refractivity contribution in [2.75, 3.05) is 0 Å². The lowest BCUT2D eigenvalue weighted by molar-refractivity contribution is 0.225. The van der Waals surface area contributed by atoms with Gasteiger partial charge in [-0.3, -0.25) is 4.98 Å². The van der Waals surface area contributed by atoms with Crippen molar-refractivity contribution < 1.29 is 0 Å². The Morgan fingerprint density at radius 2 is 1.62 bits per heavy atom. The van der Waals surface area contributed by atoms with Crippen LogP contribution in [0.15, 0.2) is 48.7 Å². The van der Waals surface area contributed by atoms with Gasteiger partial charge in [0, 0.05) is 27.7 Å². The van der Waals surface area contributed by atoms with Crippen molar-refractivity contribution in [1.29, 1.82) is 0 Å². The summed E-state index contributed by atoms with van der Waals surface area (Å²) in [6.07, 6.45) is 7.18. The predicted molar refractivity (Wildman–Crippen MR) is 146 cm³/mol. The molecule has 3 aromatic carbocycles. The normalized spacial score (nSPS) is 17.2. The van der Waals surface area contributed by atoms with Crippen molar-refractivity contribution in [3.8, 4) is 0 Å². The number of aromatic nitrogens is 2. The summed E-state index contributed by atoms with van der Waals surface area (Å²) in [6, 6.07) is 16.4. The first kappa shape index (κ1) is 20.3. The maximum Gasteiger partial charge on any atom is 0.0822 e. The van der Waals surface area contributed by atoms with Crippen molar-refractivity contribution >= 4 is 49.0 Å². The molecular weight excluding hydrogens is 412 g/mol. The third kappa shape index (κ3) is 2.66. The van der Waals surface area contributed by atoms with E-state index in [-0.39, 0.29) is 0 Å². The number of pyridine rings is 2. The van der Waals surface area contributed by atoms with Gasteiger partial charge in [0.1, 0.15) is 0 Å². The lowest BCUT2D eigenvalue weighted by Crippen LogP contribution is -2.20. The minimum absolute atomic E-state index is 0.466. The van der Waals surface area contributed by atoms with Crippen LogP contribution in [0.1, 0.15) is 67.7 Å². The Morgan fingerprint density at radius 1 is 0.824 bits per heavy atom. The van der Waals surface area contributed by atoms with Gasteiger partial charge in [-0.15, -0.1) is 0 Å². The van der Waals surface area contributed by atoms with Gasteiger partial charge in [-0.25, -0.2) is 0 Å². The molecule has 34 heavy (non-hydrogen) atoms. The second-order valence-electron chi connectivity index (χ2n) is 11.7. The summed E-state index contributed by atoms with van der Waals surface area (Å²) >= 11 is 0. The molecule has 0 saturated heterocycles. The summed E-state index contributed by atoms with van der Waals surface area (Å²) in [6.45, 7) is 11.5. The molecule has 2 heteroatoms. The zero-order valence-corrected chi connectivity index (χ0v) is 20.9. The van der Waals surface area contributed by atoms with Gasteiger partial charge in [-0.05, 0) is 104 Å². The number of aryl methyl sites for hydroxylation is 3. The maximum absolute atomic E-state index is 4.98. The second kappa shape index (κ2) is 6.72. The first-order valence-electron chi connectivity index (χ1n) is 12.8. The molecule has 3 heterocycles. The highest BCUT2D eigenvalue weighted by atomic mass is 14.9. The fourth-order valence-corrected chi connectivity index (χ4v) is 6.92. The van der Waals surface area contributed by atoms with Gasteiger partial charge in [0.25, 0.3) is 0 Å². The minimum atomic E-state index is 0.466. The SMILES string of the molecule is Cc1cc(C)c2c(c1)c1nccc3cc(C4CCC(C)(C)CC4)c4c5ccc(C)cc5n2c4c31. The lowest BCUT2D eigenvalue weighted by atomic mass is 9.70. The van der Waals surface area contributed by atoms with Crippen molar-refractivity contribution in [3.63, 3.8) is 0 Å². The van der Waals surface area contributed by atoms with Crippen molar-refractivity contribution in [2.45, 2.75) is 66.2 Å². The molecule has 1 saturated carbocycles. The van der Waals surface area contributed by atoms with Crippen LogP contribution in [0.4, 0.5) is 0 Å². The summed E-state index contributed by atoms with van der Waals surface area (Å²) < 4.78 is 2.58. The summed E-state index contributed by atoms with van der Waals surface area (Å²) in [7, 11) is 0. The zero-order valence-electron chi connectivity index (χ0n) is 20.9. The Kier molecular flexibility index (Phi) is 4.00. The molecule has 0 unspecified atom stereocenters. The number of fused-ring (bicyclic) bond motifs is 6. The Labute approximate surface area is 200 Å². The predicted octanol–water partition coefficient (Wildman–Crippen LogP) is 8.99. The number of hydrogen-bond donors (Lipinski definition) is 0. The van der Waals surface area contributed by atoms with E-state index in [9.17, 15) is 0 Å². The maximum atomic E-state index is 4.98. The molecule has 0 spiro atoms. The first-order chi connectivity index (χ1) is 16.3. The van der Waals surface area contributed by atoms with Crippen LogP contribution in [0.3, 0.4) is 0 Å². The van der Waals surface area contributed by atoms with E-state index in [2.05, 4.69) is 81.5 Å². The first-order valence-corrected chi connectivity index (χ1v) is 12.8. The van der Waals surface area contributed by atoms with Crippen LogP contribution in [0.5, 0.6) is 0 Å². The molecule has 0 aliphatic heterocycles. The topological polar surface area (TPSA) is 17.3 Å². The average Bonchev–Trinajstić information content (AvgIpc) is 3.12. The number of rotatable bonds is 1. The fourth-order valence-electron chi connectivity index (χ4n) is 6.92. The molecule has 0 amide bonds. The summed E-state index contributed by atoms with van der Waals surface area (Å²) in [5.74, 6) is 0.620. The van der Waals surface area contributed by atoms with E-state index in [4.69, 9.17) is 4.98 Å². The molecule has 0 atom stereocenters. The summed E-state index contributed by atoms with van der Waals surface area (Å²) in [5.41, 5.74) is 11.1. The summed E-state index contributed by atoms with van der Waals surface area (Å²) in [4.78, 5) is 4.98. The van der Waals surface area contributed by atoms with E-state index in [1.54, 1.807) is 5.56 Å². The quantitative estimate of drug-likeness (QED) is 0.183. The molecule has 7 rings (SSSR count). The Bertz CT molecular complexity index is 1760. The second-order valence-corrected chi connectivity index (χ2v) is 11.7. The van der Waals surface area contributed by atoms with E-state index < -0.39 is 0 Å². The molecule has 1 aliphatic rings.